The summed E-state index contributed by atoms with van der Waals surface area (Å²) in [5.74, 6) is 0.713. The Labute approximate surface area is 151 Å². The molecule has 25 heavy (non-hydrogen) atoms. The first kappa shape index (κ1) is 17.7. The van der Waals surface area contributed by atoms with Gasteiger partial charge < -0.3 is 4.42 Å². The lowest BCUT2D eigenvalue weighted by Crippen LogP contribution is -2.22. The molecule has 0 atom stereocenters. The zero-order valence-corrected chi connectivity index (χ0v) is 15.5. The highest BCUT2D eigenvalue weighted by molar-refractivity contribution is 7.99. The number of aromatic nitrogens is 1. The summed E-state index contributed by atoms with van der Waals surface area (Å²) in [6, 6.07) is 14.8. The molecule has 0 spiro atoms. The van der Waals surface area contributed by atoms with Gasteiger partial charge in [-0.3, -0.25) is 0 Å². The van der Waals surface area contributed by atoms with Crippen LogP contribution in [0.25, 0.3) is 17.2 Å². The van der Waals surface area contributed by atoms with Gasteiger partial charge in [-0.25, -0.2) is 17.7 Å². The molecular weight excluding hydrogens is 356 g/mol. The molecule has 0 unspecified atom stereocenters. The largest absolute Gasteiger partial charge is 0.431 e. The van der Waals surface area contributed by atoms with Crippen LogP contribution in [0.5, 0.6) is 0 Å². The van der Waals surface area contributed by atoms with Gasteiger partial charge in [-0.05, 0) is 23.8 Å². The molecule has 1 heterocycles. The van der Waals surface area contributed by atoms with Crippen molar-refractivity contribution >= 4 is 39.0 Å². The number of benzene rings is 2. The van der Waals surface area contributed by atoms with E-state index in [1.54, 1.807) is 6.07 Å². The van der Waals surface area contributed by atoms with E-state index in [0.29, 0.717) is 22.1 Å². The summed E-state index contributed by atoms with van der Waals surface area (Å²) < 4.78 is 31.2. The minimum atomic E-state index is -3.48. The Bertz CT molecular complexity index is 994. The van der Waals surface area contributed by atoms with E-state index in [4.69, 9.17) is 4.42 Å². The Kier molecular flexibility index (Phi) is 5.27. The number of rotatable bonds is 6. The van der Waals surface area contributed by atoms with E-state index in [2.05, 4.69) is 4.98 Å². The lowest BCUT2D eigenvalue weighted by atomic mass is 10.2. The lowest BCUT2D eigenvalue weighted by molar-refractivity contribution is 0.490. The highest BCUT2D eigenvalue weighted by atomic mass is 32.2. The van der Waals surface area contributed by atoms with Crippen molar-refractivity contribution < 1.29 is 12.8 Å². The molecule has 7 heteroatoms. The van der Waals surface area contributed by atoms with Crippen molar-refractivity contribution in [3.8, 4) is 0 Å². The van der Waals surface area contributed by atoms with Crippen molar-refractivity contribution in [2.75, 3.05) is 19.8 Å². The number of hydrogen-bond donors (Lipinski definition) is 0. The second-order valence-corrected chi connectivity index (χ2v) is 8.64. The van der Waals surface area contributed by atoms with Crippen LogP contribution in [0.1, 0.15) is 5.56 Å². The molecule has 5 nitrogen and oxygen atoms in total. The first-order chi connectivity index (χ1) is 12.0. The summed E-state index contributed by atoms with van der Waals surface area (Å²) in [4.78, 5) is 4.58. The van der Waals surface area contributed by atoms with Gasteiger partial charge in [0.1, 0.15) is 5.52 Å². The number of hydrogen-bond acceptors (Lipinski definition) is 5. The van der Waals surface area contributed by atoms with Gasteiger partial charge in [0.25, 0.3) is 5.22 Å². The first-order valence-corrected chi connectivity index (χ1v) is 10.1. The number of sulfonamides is 1. The van der Waals surface area contributed by atoms with Crippen molar-refractivity contribution in [3.63, 3.8) is 0 Å². The molecule has 0 fully saturated rings. The maximum Gasteiger partial charge on any atom is 0.257 e. The van der Waals surface area contributed by atoms with Gasteiger partial charge in [-0.15, -0.1) is 0 Å². The van der Waals surface area contributed by atoms with Crippen molar-refractivity contribution in [2.45, 2.75) is 10.1 Å². The average Bonchev–Trinajstić information content (AvgIpc) is 3.01. The predicted molar refractivity (Wildman–Crippen MR) is 101 cm³/mol. The van der Waals surface area contributed by atoms with Crippen molar-refractivity contribution in [3.05, 3.63) is 60.2 Å². The molecule has 3 rings (SSSR count). The van der Waals surface area contributed by atoms with Gasteiger partial charge in [-0.2, -0.15) is 0 Å². The SMILES string of the molecule is CN(C)S(=O)(=O)c1ccc2oc(SC/C=C/c3ccccc3)nc2c1. The molecule has 130 valence electrons. The van der Waals surface area contributed by atoms with Crippen molar-refractivity contribution in [1.82, 2.24) is 9.29 Å². The molecule has 0 aliphatic rings. The van der Waals surface area contributed by atoms with Crippen LogP contribution in [0.15, 0.2) is 69.1 Å². The molecule has 3 aromatic rings. The molecule has 0 amide bonds. The van der Waals surface area contributed by atoms with Crippen LogP contribution in [-0.2, 0) is 10.0 Å². The second-order valence-electron chi connectivity index (χ2n) is 5.52. The number of thioether (sulfide) groups is 1. The third-order valence-corrected chi connectivity index (χ3v) is 6.12. The van der Waals surface area contributed by atoms with Gasteiger partial charge in [0.05, 0.1) is 4.90 Å². The van der Waals surface area contributed by atoms with Gasteiger partial charge in [0.15, 0.2) is 5.58 Å². The average molecular weight is 374 g/mol. The van der Waals surface area contributed by atoms with Gasteiger partial charge in [0, 0.05) is 19.8 Å². The molecule has 0 saturated heterocycles. The zero-order valence-electron chi connectivity index (χ0n) is 13.9. The quantitative estimate of drug-likeness (QED) is 0.613. The topological polar surface area (TPSA) is 63.4 Å². The standard InChI is InChI=1S/C18H18N2O3S2/c1-20(2)25(21,22)15-10-11-17-16(13-15)19-18(23-17)24-12-6-9-14-7-4-3-5-8-14/h3-11,13H,12H2,1-2H3/b9-6+. The second kappa shape index (κ2) is 7.43. The minimum Gasteiger partial charge on any atom is -0.431 e. The number of nitrogens with zero attached hydrogens (tertiary/aromatic N) is 2. The zero-order chi connectivity index (χ0) is 17.9. The monoisotopic (exact) mass is 374 g/mol. The van der Waals surface area contributed by atoms with Crippen LogP contribution in [0.2, 0.25) is 0 Å². The van der Waals surface area contributed by atoms with E-state index in [-0.39, 0.29) is 4.90 Å². The molecular formula is C18H18N2O3S2. The van der Waals surface area contributed by atoms with Gasteiger partial charge >= 0.3 is 0 Å². The van der Waals surface area contributed by atoms with Crippen LogP contribution in [0.4, 0.5) is 0 Å². The van der Waals surface area contributed by atoms with Crippen LogP contribution in [-0.4, -0.2) is 37.6 Å². The Morgan fingerprint density at radius 1 is 1.16 bits per heavy atom. The smallest absolute Gasteiger partial charge is 0.257 e. The Morgan fingerprint density at radius 2 is 1.92 bits per heavy atom. The lowest BCUT2D eigenvalue weighted by Gasteiger charge is -2.10. The number of oxazole rings is 1. The third kappa shape index (κ3) is 4.12. The van der Waals surface area contributed by atoms with E-state index < -0.39 is 10.0 Å². The van der Waals surface area contributed by atoms with Crippen molar-refractivity contribution in [1.29, 1.82) is 0 Å². The maximum atomic E-state index is 12.2. The highest BCUT2D eigenvalue weighted by Crippen LogP contribution is 2.26. The summed E-state index contributed by atoms with van der Waals surface area (Å²) >= 11 is 1.46. The Morgan fingerprint density at radius 3 is 2.64 bits per heavy atom. The number of fused-ring (bicyclic) bond motifs is 1. The molecule has 1 aromatic heterocycles. The summed E-state index contributed by atoms with van der Waals surface area (Å²) in [5, 5.41) is 0.520. The summed E-state index contributed by atoms with van der Waals surface area (Å²) in [7, 11) is -0.472. The van der Waals surface area contributed by atoms with E-state index in [1.807, 2.05) is 42.5 Å². The van der Waals surface area contributed by atoms with E-state index >= 15 is 0 Å². The fraction of sp³-hybridized carbons (Fsp3) is 0.167. The molecule has 0 bridgehead atoms. The van der Waals surface area contributed by atoms with E-state index in [0.717, 1.165) is 5.56 Å². The minimum absolute atomic E-state index is 0.207. The van der Waals surface area contributed by atoms with Crippen LogP contribution >= 0.6 is 11.8 Å². The Balaban J connectivity index is 1.72. The highest BCUT2D eigenvalue weighted by Gasteiger charge is 2.18. The molecule has 0 radical (unpaired) electrons. The maximum absolute atomic E-state index is 12.2. The molecule has 0 saturated carbocycles. The normalized spacial score (nSPS) is 12.4. The predicted octanol–water partition coefficient (Wildman–Crippen LogP) is 3.88. The third-order valence-electron chi connectivity index (χ3n) is 3.53. The van der Waals surface area contributed by atoms with Crippen LogP contribution in [0, 0.1) is 0 Å². The fourth-order valence-electron chi connectivity index (χ4n) is 2.19. The molecule has 0 N–H and O–H groups in total. The van der Waals surface area contributed by atoms with Gasteiger partial charge in [-0.1, -0.05) is 54.2 Å². The Hall–Kier alpha value is -2.09. The molecule has 2 aromatic carbocycles. The van der Waals surface area contributed by atoms with Crippen molar-refractivity contribution in [2.24, 2.45) is 0 Å². The van der Waals surface area contributed by atoms with E-state index in [9.17, 15) is 8.42 Å². The van der Waals surface area contributed by atoms with Crippen LogP contribution in [0.3, 0.4) is 0 Å². The molecule has 0 aliphatic heterocycles. The first-order valence-electron chi connectivity index (χ1n) is 7.64. The summed E-state index contributed by atoms with van der Waals surface area (Å²) in [6.45, 7) is 0. The van der Waals surface area contributed by atoms with Gasteiger partial charge in [0.2, 0.25) is 10.0 Å². The molecule has 0 aliphatic carbocycles. The van der Waals surface area contributed by atoms with E-state index in [1.165, 1.54) is 42.3 Å². The summed E-state index contributed by atoms with van der Waals surface area (Å²) in [6.07, 6.45) is 4.08. The summed E-state index contributed by atoms with van der Waals surface area (Å²) in [5.41, 5.74) is 2.25. The van der Waals surface area contributed by atoms with Crippen LogP contribution < -0.4 is 0 Å². The fourth-order valence-corrected chi connectivity index (χ4v) is 3.76.